The summed E-state index contributed by atoms with van der Waals surface area (Å²) >= 11 is 0. The SMILES string of the molecule is O=c1cnn(-c2ccc(C3C4CC[C@@H]3CC(OCc3c(-c5ccccc5OC(F)(F)F)noc3C3CC3)C4)cc2)c(=O)[nH]1. The quantitative estimate of drug-likeness (QED) is 0.273. The largest absolute Gasteiger partial charge is 0.573 e. The summed E-state index contributed by atoms with van der Waals surface area (Å²) in [6.07, 6.45) is 2.07. The molecule has 9 nitrogen and oxygen atoms in total. The number of nitrogens with zero attached hydrogens (tertiary/aromatic N) is 3. The number of fused-ring (bicyclic) bond motifs is 2. The highest BCUT2D eigenvalue weighted by atomic mass is 19.4. The highest BCUT2D eigenvalue weighted by Gasteiger charge is 2.44. The van der Waals surface area contributed by atoms with Gasteiger partial charge in [-0.1, -0.05) is 29.4 Å². The van der Waals surface area contributed by atoms with Gasteiger partial charge >= 0.3 is 12.1 Å². The molecule has 2 bridgehead atoms. The minimum absolute atomic E-state index is 0.00779. The van der Waals surface area contributed by atoms with Crippen LogP contribution in [0.3, 0.4) is 0 Å². The highest BCUT2D eigenvalue weighted by Crippen LogP contribution is 2.53. The lowest BCUT2D eigenvalue weighted by Gasteiger charge is -2.35. The second-order valence-electron chi connectivity index (χ2n) is 11.7. The maximum Gasteiger partial charge on any atom is 0.573 e. The molecule has 3 fully saturated rings. The lowest BCUT2D eigenvalue weighted by molar-refractivity contribution is -0.274. The first-order valence-corrected chi connectivity index (χ1v) is 14.5. The second kappa shape index (κ2) is 10.8. The van der Waals surface area contributed by atoms with E-state index >= 15 is 0 Å². The molecule has 2 aromatic carbocycles. The molecule has 0 spiro atoms. The van der Waals surface area contributed by atoms with Crippen LogP contribution in [-0.2, 0) is 11.3 Å². The van der Waals surface area contributed by atoms with E-state index in [-0.39, 0.29) is 29.9 Å². The third-order valence-corrected chi connectivity index (χ3v) is 8.89. The van der Waals surface area contributed by atoms with Crippen molar-refractivity contribution in [1.82, 2.24) is 19.9 Å². The first-order chi connectivity index (χ1) is 20.7. The lowest BCUT2D eigenvalue weighted by Crippen LogP contribution is -2.30. The zero-order valence-corrected chi connectivity index (χ0v) is 23.0. The Morgan fingerprint density at radius 2 is 1.70 bits per heavy atom. The topological polar surface area (TPSA) is 112 Å². The molecule has 0 aliphatic heterocycles. The van der Waals surface area contributed by atoms with Crippen LogP contribution in [0.2, 0.25) is 0 Å². The molecule has 0 saturated heterocycles. The summed E-state index contributed by atoms with van der Waals surface area (Å²) in [5.74, 6) is 1.78. The van der Waals surface area contributed by atoms with Crippen LogP contribution in [0.15, 0.2) is 68.8 Å². The Morgan fingerprint density at radius 3 is 2.37 bits per heavy atom. The summed E-state index contributed by atoms with van der Waals surface area (Å²) in [6, 6.07) is 13.7. The van der Waals surface area contributed by atoms with E-state index in [2.05, 4.69) is 20.0 Å². The van der Waals surface area contributed by atoms with E-state index < -0.39 is 17.6 Å². The second-order valence-corrected chi connectivity index (χ2v) is 11.7. The van der Waals surface area contributed by atoms with Crippen molar-refractivity contribution in [2.24, 2.45) is 11.8 Å². The first-order valence-electron chi connectivity index (χ1n) is 14.5. The lowest BCUT2D eigenvalue weighted by atomic mass is 9.73. The van der Waals surface area contributed by atoms with E-state index in [1.54, 1.807) is 12.1 Å². The van der Waals surface area contributed by atoms with Crippen molar-refractivity contribution >= 4 is 0 Å². The van der Waals surface area contributed by atoms with Gasteiger partial charge in [-0.25, -0.2) is 4.79 Å². The Balaban J connectivity index is 1.07. The number of H-pyrrole nitrogens is 1. The standard InChI is InChI=1S/C31H29F3N4O5/c32-31(33,34)42-25-4-2-1-3-23(25)28-24(29(43-37-28)18-5-6-18)16-41-22-13-19-7-8-20(14-22)27(19)17-9-11-21(12-10-17)38-30(40)36-26(39)15-35-38/h1-4,9-12,15,18-20,22,27H,5-8,13-14,16H2,(H,36,39,40)/t19-,20?,22?,27?/m1/s1. The number of hydrogen-bond donors (Lipinski definition) is 1. The highest BCUT2D eigenvalue weighted by molar-refractivity contribution is 5.70. The summed E-state index contributed by atoms with van der Waals surface area (Å²) in [7, 11) is 0. The predicted octanol–water partition coefficient (Wildman–Crippen LogP) is 5.84. The molecule has 12 heteroatoms. The Morgan fingerprint density at radius 1 is 0.977 bits per heavy atom. The number of aromatic amines is 1. The van der Waals surface area contributed by atoms with Crippen molar-refractivity contribution in [3.63, 3.8) is 0 Å². The van der Waals surface area contributed by atoms with Crippen molar-refractivity contribution in [2.75, 3.05) is 0 Å². The van der Waals surface area contributed by atoms with Gasteiger partial charge in [0.15, 0.2) is 0 Å². The Labute approximate surface area is 243 Å². The van der Waals surface area contributed by atoms with E-state index in [0.717, 1.165) is 49.4 Å². The van der Waals surface area contributed by atoms with Crippen LogP contribution in [0.1, 0.15) is 67.2 Å². The molecule has 0 amide bonds. The summed E-state index contributed by atoms with van der Waals surface area (Å²) in [4.78, 5) is 25.7. The fourth-order valence-corrected chi connectivity index (χ4v) is 6.94. The maximum atomic E-state index is 13.1. The van der Waals surface area contributed by atoms with E-state index in [1.165, 1.54) is 17.7 Å². The van der Waals surface area contributed by atoms with Gasteiger partial charge in [0.05, 0.1) is 18.4 Å². The van der Waals surface area contributed by atoms with Gasteiger partial charge in [0.2, 0.25) is 0 Å². The van der Waals surface area contributed by atoms with Crippen molar-refractivity contribution in [3.8, 4) is 22.7 Å². The van der Waals surface area contributed by atoms with Gasteiger partial charge in [0, 0.05) is 17.0 Å². The minimum Gasteiger partial charge on any atom is -0.405 e. The molecule has 3 saturated carbocycles. The molecule has 3 aliphatic rings. The van der Waals surface area contributed by atoms with Gasteiger partial charge in [-0.15, -0.1) is 13.2 Å². The average molecular weight is 595 g/mol. The van der Waals surface area contributed by atoms with Gasteiger partial charge in [-0.05, 0) is 86.1 Å². The molecule has 7 rings (SSSR count). The molecule has 4 aromatic rings. The van der Waals surface area contributed by atoms with Gasteiger partial charge in [0.25, 0.3) is 5.56 Å². The molecule has 2 aromatic heterocycles. The monoisotopic (exact) mass is 594 g/mol. The van der Waals surface area contributed by atoms with E-state index in [4.69, 9.17) is 9.26 Å². The predicted molar refractivity (Wildman–Crippen MR) is 148 cm³/mol. The normalized spacial score (nSPS) is 23.4. The van der Waals surface area contributed by atoms with Crippen LogP contribution in [0.4, 0.5) is 13.2 Å². The molecule has 1 N–H and O–H groups in total. The zero-order valence-electron chi connectivity index (χ0n) is 23.0. The van der Waals surface area contributed by atoms with Gasteiger partial charge in [0.1, 0.15) is 23.4 Å². The summed E-state index contributed by atoms with van der Waals surface area (Å²) < 4.78 is 56.9. The van der Waals surface area contributed by atoms with Crippen LogP contribution in [0, 0.1) is 11.8 Å². The molecular formula is C31H29F3N4O5. The number of para-hydroxylation sites is 1. The van der Waals surface area contributed by atoms with Crippen LogP contribution in [-0.4, -0.2) is 32.4 Å². The number of halogens is 3. The first kappa shape index (κ1) is 27.6. The smallest absolute Gasteiger partial charge is 0.405 e. The van der Waals surface area contributed by atoms with Gasteiger partial charge in [-0.2, -0.15) is 9.78 Å². The molecule has 3 unspecified atom stereocenters. The van der Waals surface area contributed by atoms with Gasteiger partial charge < -0.3 is 14.0 Å². The molecular weight excluding hydrogens is 565 g/mol. The van der Waals surface area contributed by atoms with Crippen LogP contribution < -0.4 is 16.0 Å². The van der Waals surface area contributed by atoms with Crippen molar-refractivity contribution in [3.05, 3.63) is 92.5 Å². The molecule has 0 radical (unpaired) electrons. The average Bonchev–Trinajstić information content (AvgIpc) is 3.67. The Kier molecular flexibility index (Phi) is 6.95. The number of rotatable bonds is 8. The molecule has 43 heavy (non-hydrogen) atoms. The number of alkyl halides is 3. The number of benzene rings is 2. The number of aromatic nitrogens is 4. The van der Waals surface area contributed by atoms with Crippen molar-refractivity contribution in [1.29, 1.82) is 0 Å². The third-order valence-electron chi connectivity index (χ3n) is 8.89. The molecule has 4 atom stereocenters. The third kappa shape index (κ3) is 5.63. The molecule has 224 valence electrons. The summed E-state index contributed by atoms with van der Waals surface area (Å²) in [5, 5.41) is 8.12. The number of ether oxygens (including phenoxy) is 2. The maximum absolute atomic E-state index is 13.1. The Hall–Kier alpha value is -4.19. The Bertz CT molecular complexity index is 1730. The van der Waals surface area contributed by atoms with Crippen LogP contribution >= 0.6 is 0 Å². The molecule has 2 heterocycles. The summed E-state index contributed by atoms with van der Waals surface area (Å²) in [5.41, 5.74) is 1.89. The fraction of sp³-hybridized carbons (Fsp3) is 0.419. The van der Waals surface area contributed by atoms with E-state index in [1.807, 2.05) is 24.3 Å². The van der Waals surface area contributed by atoms with E-state index in [9.17, 15) is 22.8 Å². The minimum atomic E-state index is -4.83. The molecule has 3 aliphatic carbocycles. The van der Waals surface area contributed by atoms with Crippen molar-refractivity contribution < 1.29 is 27.2 Å². The zero-order chi connectivity index (χ0) is 29.7. The fourth-order valence-electron chi connectivity index (χ4n) is 6.94. The number of hydrogen-bond acceptors (Lipinski definition) is 7. The van der Waals surface area contributed by atoms with Gasteiger partial charge in [-0.3, -0.25) is 9.78 Å². The van der Waals surface area contributed by atoms with Crippen LogP contribution in [0.5, 0.6) is 5.75 Å². The van der Waals surface area contributed by atoms with Crippen LogP contribution in [0.25, 0.3) is 16.9 Å². The van der Waals surface area contributed by atoms with E-state index in [0.29, 0.717) is 40.5 Å². The summed E-state index contributed by atoms with van der Waals surface area (Å²) in [6.45, 7) is 0.204. The van der Waals surface area contributed by atoms with Crippen molar-refractivity contribution in [2.45, 2.75) is 69.4 Å². The number of nitrogens with one attached hydrogen (secondary N) is 1.